The number of morpholine rings is 1. The van der Waals surface area contributed by atoms with E-state index in [1.165, 1.54) is 12.1 Å². The Bertz CT molecular complexity index is 588. The normalized spacial score (nSPS) is 16.4. The number of non-ortho nitro benzene ring substituents is 1. The Morgan fingerprint density at radius 1 is 1.36 bits per heavy atom. The van der Waals surface area contributed by atoms with Crippen LogP contribution in [0.3, 0.4) is 0 Å². The Morgan fingerprint density at radius 2 is 2.08 bits per heavy atom. The van der Waals surface area contributed by atoms with Crippen LogP contribution < -0.4 is 10.6 Å². The van der Waals surface area contributed by atoms with Crippen molar-refractivity contribution in [2.24, 2.45) is 5.92 Å². The Hall–Kier alpha value is -2.19. The number of nitro groups is 1. The molecule has 1 heterocycles. The summed E-state index contributed by atoms with van der Waals surface area (Å²) in [6.07, 6.45) is 0.983. The van der Waals surface area contributed by atoms with Gasteiger partial charge in [0.1, 0.15) is 0 Å². The molecule has 25 heavy (non-hydrogen) atoms. The number of nitrogens with one attached hydrogen (secondary N) is 2. The molecule has 0 aromatic heterocycles. The zero-order valence-corrected chi connectivity index (χ0v) is 14.7. The number of ether oxygens (including phenoxy) is 1. The molecule has 0 saturated carbocycles. The third-order valence-electron chi connectivity index (χ3n) is 4.12. The fourth-order valence-electron chi connectivity index (χ4n) is 2.93. The summed E-state index contributed by atoms with van der Waals surface area (Å²) < 4.78 is 5.39. The van der Waals surface area contributed by atoms with Gasteiger partial charge in [-0.1, -0.05) is 19.9 Å². The summed E-state index contributed by atoms with van der Waals surface area (Å²) in [4.78, 5) is 24.8. The van der Waals surface area contributed by atoms with Gasteiger partial charge in [0.25, 0.3) is 5.69 Å². The van der Waals surface area contributed by atoms with Crippen molar-refractivity contribution in [3.63, 3.8) is 0 Å². The lowest BCUT2D eigenvalue weighted by atomic mass is 10.0. The number of hydrogen-bond acceptors (Lipinski definition) is 5. The second-order valence-electron chi connectivity index (χ2n) is 6.57. The van der Waals surface area contributed by atoms with Crippen LogP contribution in [0.25, 0.3) is 0 Å². The first-order valence-electron chi connectivity index (χ1n) is 8.57. The smallest absolute Gasteiger partial charge is 0.319 e. The van der Waals surface area contributed by atoms with Crippen LogP contribution in [-0.4, -0.2) is 54.7 Å². The minimum Gasteiger partial charge on any atom is -0.379 e. The highest BCUT2D eigenvalue weighted by Crippen LogP contribution is 2.17. The minimum absolute atomic E-state index is 0.0520. The summed E-state index contributed by atoms with van der Waals surface area (Å²) in [5.74, 6) is 0.523. The van der Waals surface area contributed by atoms with E-state index in [4.69, 9.17) is 4.74 Å². The molecule has 1 aliphatic heterocycles. The molecule has 0 aliphatic carbocycles. The quantitative estimate of drug-likeness (QED) is 0.582. The van der Waals surface area contributed by atoms with Crippen molar-refractivity contribution in [3.05, 3.63) is 34.4 Å². The molecular formula is C17H26N4O4. The predicted octanol–water partition coefficient (Wildman–Crippen LogP) is 2.46. The summed E-state index contributed by atoms with van der Waals surface area (Å²) in [6.45, 7) is 8.02. The van der Waals surface area contributed by atoms with Crippen molar-refractivity contribution in [2.75, 3.05) is 38.2 Å². The Morgan fingerprint density at radius 3 is 2.72 bits per heavy atom. The highest BCUT2D eigenvalue weighted by atomic mass is 16.6. The van der Waals surface area contributed by atoms with E-state index >= 15 is 0 Å². The molecule has 1 fully saturated rings. The monoisotopic (exact) mass is 350 g/mol. The van der Waals surface area contributed by atoms with Gasteiger partial charge in [0.2, 0.25) is 0 Å². The highest BCUT2D eigenvalue weighted by Gasteiger charge is 2.22. The van der Waals surface area contributed by atoms with Crippen molar-refractivity contribution in [1.82, 2.24) is 10.2 Å². The van der Waals surface area contributed by atoms with E-state index in [2.05, 4.69) is 29.4 Å². The molecule has 0 radical (unpaired) electrons. The predicted molar refractivity (Wildman–Crippen MR) is 95.8 cm³/mol. The van der Waals surface area contributed by atoms with Gasteiger partial charge in [-0.3, -0.25) is 15.0 Å². The number of hydrogen-bond donors (Lipinski definition) is 2. The van der Waals surface area contributed by atoms with Crippen molar-refractivity contribution in [1.29, 1.82) is 0 Å². The fourth-order valence-corrected chi connectivity index (χ4v) is 2.93. The van der Waals surface area contributed by atoms with E-state index in [0.717, 1.165) is 19.5 Å². The zero-order chi connectivity index (χ0) is 18.2. The molecule has 0 bridgehead atoms. The van der Waals surface area contributed by atoms with Gasteiger partial charge in [0, 0.05) is 43.5 Å². The minimum atomic E-state index is -0.486. The van der Waals surface area contributed by atoms with Gasteiger partial charge in [0.15, 0.2) is 0 Å². The topological polar surface area (TPSA) is 96.7 Å². The SMILES string of the molecule is CC(C)CC(CNC(=O)Nc1cccc([N+](=O)[O-])c1)N1CCOCC1. The van der Waals surface area contributed by atoms with Gasteiger partial charge < -0.3 is 15.4 Å². The lowest BCUT2D eigenvalue weighted by Crippen LogP contribution is -2.49. The van der Waals surface area contributed by atoms with Gasteiger partial charge in [-0.15, -0.1) is 0 Å². The van der Waals surface area contributed by atoms with Crippen LogP contribution in [0.4, 0.5) is 16.2 Å². The molecule has 1 saturated heterocycles. The van der Waals surface area contributed by atoms with Crippen molar-refractivity contribution in [2.45, 2.75) is 26.3 Å². The van der Waals surface area contributed by atoms with Crippen LogP contribution in [0.2, 0.25) is 0 Å². The Labute approximate surface area is 147 Å². The average molecular weight is 350 g/mol. The second-order valence-corrected chi connectivity index (χ2v) is 6.57. The van der Waals surface area contributed by atoms with Gasteiger partial charge in [-0.25, -0.2) is 4.79 Å². The number of benzene rings is 1. The van der Waals surface area contributed by atoms with Crippen LogP contribution in [-0.2, 0) is 4.74 Å². The van der Waals surface area contributed by atoms with E-state index in [-0.39, 0.29) is 17.8 Å². The van der Waals surface area contributed by atoms with E-state index in [0.29, 0.717) is 31.4 Å². The molecule has 1 aromatic carbocycles. The number of carbonyl (C=O) groups is 1. The van der Waals surface area contributed by atoms with Gasteiger partial charge >= 0.3 is 6.03 Å². The molecule has 1 aliphatic rings. The lowest BCUT2D eigenvalue weighted by molar-refractivity contribution is -0.384. The number of nitro benzene ring substituents is 1. The molecule has 1 atom stereocenters. The maximum Gasteiger partial charge on any atom is 0.319 e. The second kappa shape index (κ2) is 9.33. The first-order valence-corrected chi connectivity index (χ1v) is 8.57. The molecular weight excluding hydrogens is 324 g/mol. The standard InChI is InChI=1S/C17H26N4O4/c1-13(2)10-16(20-6-8-25-9-7-20)12-18-17(22)19-14-4-3-5-15(11-14)21(23)24/h3-5,11,13,16H,6-10,12H2,1-2H3,(H2,18,19,22). The highest BCUT2D eigenvalue weighted by molar-refractivity contribution is 5.89. The fraction of sp³-hybridized carbons (Fsp3) is 0.588. The van der Waals surface area contributed by atoms with Crippen molar-refractivity contribution in [3.8, 4) is 0 Å². The van der Waals surface area contributed by atoms with Crippen LogP contribution in [0, 0.1) is 16.0 Å². The largest absolute Gasteiger partial charge is 0.379 e. The van der Waals surface area contributed by atoms with Crippen LogP contribution >= 0.6 is 0 Å². The summed E-state index contributed by atoms with van der Waals surface area (Å²) in [5.41, 5.74) is 0.349. The Kier molecular flexibility index (Phi) is 7.15. The molecule has 2 rings (SSSR count). The molecule has 8 heteroatoms. The molecule has 1 unspecified atom stereocenters. The molecule has 8 nitrogen and oxygen atoms in total. The molecule has 1 aromatic rings. The van der Waals surface area contributed by atoms with Crippen LogP contribution in [0.5, 0.6) is 0 Å². The third kappa shape index (κ3) is 6.32. The van der Waals surface area contributed by atoms with Gasteiger partial charge in [-0.05, 0) is 18.4 Å². The Balaban J connectivity index is 1.89. The molecule has 2 N–H and O–H groups in total. The van der Waals surface area contributed by atoms with Crippen molar-refractivity contribution < 1.29 is 14.5 Å². The first kappa shape index (κ1) is 19.1. The number of anilines is 1. The van der Waals surface area contributed by atoms with Crippen LogP contribution in [0.15, 0.2) is 24.3 Å². The van der Waals surface area contributed by atoms with E-state index < -0.39 is 4.92 Å². The van der Waals surface area contributed by atoms with Gasteiger partial charge in [0.05, 0.1) is 18.1 Å². The lowest BCUT2D eigenvalue weighted by Gasteiger charge is -2.35. The van der Waals surface area contributed by atoms with E-state index in [1.807, 2.05) is 0 Å². The number of nitrogens with zero attached hydrogens (tertiary/aromatic N) is 2. The maximum absolute atomic E-state index is 12.1. The van der Waals surface area contributed by atoms with E-state index in [1.54, 1.807) is 12.1 Å². The third-order valence-corrected chi connectivity index (χ3v) is 4.12. The summed E-state index contributed by atoms with van der Waals surface area (Å²) in [6, 6.07) is 5.79. The molecule has 2 amide bonds. The number of carbonyl (C=O) groups excluding carboxylic acids is 1. The molecule has 0 spiro atoms. The summed E-state index contributed by atoms with van der Waals surface area (Å²) in [5, 5.41) is 16.3. The average Bonchev–Trinajstić information content (AvgIpc) is 2.59. The maximum atomic E-state index is 12.1. The number of urea groups is 1. The molecule has 138 valence electrons. The summed E-state index contributed by atoms with van der Waals surface area (Å²) >= 11 is 0. The zero-order valence-electron chi connectivity index (χ0n) is 14.7. The van der Waals surface area contributed by atoms with Crippen LogP contribution in [0.1, 0.15) is 20.3 Å². The summed E-state index contributed by atoms with van der Waals surface area (Å²) in [7, 11) is 0. The number of rotatable bonds is 7. The van der Waals surface area contributed by atoms with E-state index in [9.17, 15) is 14.9 Å². The van der Waals surface area contributed by atoms with Gasteiger partial charge in [-0.2, -0.15) is 0 Å². The first-order chi connectivity index (χ1) is 12.0. The van der Waals surface area contributed by atoms with Crippen molar-refractivity contribution >= 4 is 17.4 Å². The number of amides is 2.